The summed E-state index contributed by atoms with van der Waals surface area (Å²) >= 11 is 0. The van der Waals surface area contributed by atoms with Crippen molar-refractivity contribution in [1.82, 2.24) is 9.97 Å². The van der Waals surface area contributed by atoms with Crippen LogP contribution in [0.25, 0.3) is 22.5 Å². The van der Waals surface area contributed by atoms with Crippen molar-refractivity contribution in [2.75, 3.05) is 0 Å². The van der Waals surface area contributed by atoms with Gasteiger partial charge in [-0.15, -0.1) is 29.8 Å². The van der Waals surface area contributed by atoms with E-state index < -0.39 is 0 Å². The first-order valence-corrected chi connectivity index (χ1v) is 15.3. The van der Waals surface area contributed by atoms with Gasteiger partial charge in [-0.2, -0.15) is 0 Å². The molecule has 0 unspecified atom stereocenters. The van der Waals surface area contributed by atoms with Crippen LogP contribution in [-0.2, 0) is 31.3 Å². The van der Waals surface area contributed by atoms with Crippen LogP contribution in [0.2, 0.25) is 0 Å². The second-order valence-electron chi connectivity index (χ2n) is 10.7. The monoisotopic (exact) mass is 734 g/mol. The van der Waals surface area contributed by atoms with Gasteiger partial charge in [0.2, 0.25) is 0 Å². The number of aliphatic hydroxyl groups is 1. The molecule has 4 nitrogen and oxygen atoms in total. The second kappa shape index (κ2) is 23.0. The third kappa shape index (κ3) is 17.1. The Labute approximate surface area is 262 Å². The minimum atomic E-state index is -0.125. The summed E-state index contributed by atoms with van der Waals surface area (Å²) < 4.78 is 0. The van der Waals surface area contributed by atoms with Crippen LogP contribution >= 0.6 is 0 Å². The Morgan fingerprint density at radius 1 is 0.756 bits per heavy atom. The summed E-state index contributed by atoms with van der Waals surface area (Å²) in [5.41, 5.74) is 4.55. The van der Waals surface area contributed by atoms with Crippen molar-refractivity contribution in [3.63, 3.8) is 0 Å². The Balaban J connectivity index is 0.000000933. The van der Waals surface area contributed by atoms with Gasteiger partial charge in [0, 0.05) is 38.6 Å². The number of hydrogen-bond acceptors (Lipinski definition) is 4. The molecule has 0 aliphatic rings. The van der Waals surface area contributed by atoms with Gasteiger partial charge < -0.3 is 5.11 Å². The predicted molar refractivity (Wildman–Crippen MR) is 168 cm³/mol. The van der Waals surface area contributed by atoms with Gasteiger partial charge in [-0.05, 0) is 32.3 Å². The Morgan fingerprint density at radius 3 is 1.73 bits per heavy atom. The molecular formula is C36H49IrN2O2-. The number of aromatic nitrogens is 2. The molecule has 0 fully saturated rings. The molecule has 3 rings (SSSR count). The number of carbonyl (C=O) groups is 1. The van der Waals surface area contributed by atoms with E-state index in [1.807, 2.05) is 24.5 Å². The molecule has 0 saturated carbocycles. The Kier molecular flexibility index (Phi) is 20.4. The van der Waals surface area contributed by atoms with Crippen molar-refractivity contribution in [3.05, 3.63) is 84.4 Å². The SMILES string of the molecule is CC(=O)C=C(C)O.CCCCCCCCCCCCCCCc1cnc(-c2[c-]cc(-c3ccccc3)cc2)nc1.[Ir]. The standard InChI is InChI=1S/C31H41N2.C5H8O2.Ir/c1-2-3-4-5-6-7-8-9-10-11-12-13-15-18-27-25-32-31(33-26-27)30-23-21-29(22-24-30)28-19-16-14-17-20-28;1-4(6)3-5(2)7;/h14,16-17,19-23,25-26H,2-13,15,18H2,1H3;3,6H,1-2H3;/q-1;;. The number of aryl methyl sites for hydroxylation is 1. The van der Waals surface area contributed by atoms with Gasteiger partial charge in [-0.1, -0.05) is 125 Å². The fourth-order valence-corrected chi connectivity index (χ4v) is 4.64. The average molecular weight is 734 g/mol. The number of unbranched alkanes of at least 4 members (excludes halogenated alkanes) is 12. The maximum atomic E-state index is 10.0. The molecule has 0 atom stereocenters. The zero-order chi connectivity index (χ0) is 28.8. The van der Waals surface area contributed by atoms with Gasteiger partial charge in [0.25, 0.3) is 0 Å². The normalized spacial score (nSPS) is 10.9. The van der Waals surface area contributed by atoms with Gasteiger partial charge >= 0.3 is 0 Å². The first kappa shape index (κ1) is 36.4. The van der Waals surface area contributed by atoms with Crippen LogP contribution < -0.4 is 0 Å². The zero-order valence-electron chi connectivity index (χ0n) is 25.3. The molecule has 0 aliphatic heterocycles. The minimum Gasteiger partial charge on any atom is -0.512 e. The Hall–Kier alpha value is -2.62. The second-order valence-corrected chi connectivity index (χ2v) is 10.7. The van der Waals surface area contributed by atoms with E-state index in [0.717, 1.165) is 17.8 Å². The van der Waals surface area contributed by atoms with E-state index in [1.165, 1.54) is 120 Å². The van der Waals surface area contributed by atoms with Gasteiger partial charge in [0.15, 0.2) is 5.78 Å². The minimum absolute atomic E-state index is 0. The molecule has 0 saturated heterocycles. The van der Waals surface area contributed by atoms with Crippen molar-refractivity contribution in [3.8, 4) is 22.5 Å². The van der Waals surface area contributed by atoms with Gasteiger partial charge in [-0.3, -0.25) is 14.8 Å². The molecule has 0 amide bonds. The van der Waals surface area contributed by atoms with Crippen LogP contribution in [0.15, 0.2) is 72.8 Å². The molecule has 0 spiro atoms. The van der Waals surface area contributed by atoms with Crippen LogP contribution in [0.4, 0.5) is 0 Å². The fraction of sp³-hybridized carbons (Fsp3) is 0.472. The smallest absolute Gasteiger partial charge is 0.155 e. The Morgan fingerprint density at radius 2 is 1.29 bits per heavy atom. The first-order valence-electron chi connectivity index (χ1n) is 15.3. The van der Waals surface area contributed by atoms with E-state index in [1.54, 1.807) is 0 Å². The van der Waals surface area contributed by atoms with Gasteiger partial charge in [0.05, 0.1) is 11.6 Å². The molecule has 41 heavy (non-hydrogen) atoms. The number of carbonyl (C=O) groups excluding carboxylic acids is 1. The molecular weight excluding hydrogens is 685 g/mol. The number of nitrogens with zero attached hydrogens (tertiary/aromatic N) is 2. The average Bonchev–Trinajstić information content (AvgIpc) is 2.96. The molecule has 0 bridgehead atoms. The van der Waals surface area contributed by atoms with Crippen molar-refractivity contribution < 1.29 is 30.0 Å². The maximum Gasteiger partial charge on any atom is 0.155 e. The molecule has 225 valence electrons. The predicted octanol–water partition coefficient (Wildman–Crippen LogP) is 10.3. The summed E-state index contributed by atoms with van der Waals surface area (Å²) in [7, 11) is 0. The summed E-state index contributed by atoms with van der Waals surface area (Å²) in [5, 5.41) is 8.36. The third-order valence-electron chi connectivity index (χ3n) is 6.85. The van der Waals surface area contributed by atoms with Crippen LogP contribution in [-0.4, -0.2) is 20.9 Å². The van der Waals surface area contributed by atoms with E-state index in [0.29, 0.717) is 0 Å². The van der Waals surface area contributed by atoms with Crippen LogP contribution in [0.3, 0.4) is 0 Å². The summed E-state index contributed by atoms with van der Waals surface area (Å²) in [4.78, 5) is 19.2. The van der Waals surface area contributed by atoms with E-state index in [-0.39, 0.29) is 31.6 Å². The molecule has 1 N–H and O–H groups in total. The van der Waals surface area contributed by atoms with Crippen molar-refractivity contribution in [2.45, 2.75) is 111 Å². The quantitative estimate of drug-likeness (QED) is 0.0650. The van der Waals surface area contributed by atoms with Crippen molar-refractivity contribution in [1.29, 1.82) is 0 Å². The van der Waals surface area contributed by atoms with E-state index in [9.17, 15) is 4.79 Å². The number of allylic oxidation sites excluding steroid dienone is 2. The van der Waals surface area contributed by atoms with Crippen LogP contribution in [0.1, 0.15) is 110 Å². The third-order valence-corrected chi connectivity index (χ3v) is 6.85. The number of rotatable bonds is 17. The number of aliphatic hydroxyl groups excluding tert-OH is 1. The number of hydrogen-bond donors (Lipinski definition) is 1. The number of ketones is 1. The molecule has 3 aromatic rings. The summed E-state index contributed by atoms with van der Waals surface area (Å²) in [5.74, 6) is 0.691. The molecule has 1 radical (unpaired) electrons. The number of benzene rings is 2. The summed E-state index contributed by atoms with van der Waals surface area (Å²) in [6.45, 7) is 5.14. The van der Waals surface area contributed by atoms with Crippen LogP contribution in [0, 0.1) is 6.07 Å². The van der Waals surface area contributed by atoms with E-state index in [4.69, 9.17) is 5.11 Å². The largest absolute Gasteiger partial charge is 0.512 e. The summed E-state index contributed by atoms with van der Waals surface area (Å²) in [6, 6.07) is 19.9. The Bertz CT molecular complexity index is 1090. The first-order chi connectivity index (χ1) is 19.5. The molecule has 0 aliphatic carbocycles. The summed E-state index contributed by atoms with van der Waals surface area (Å²) in [6.07, 6.45) is 24.3. The maximum absolute atomic E-state index is 10.0. The van der Waals surface area contributed by atoms with Crippen molar-refractivity contribution >= 4 is 5.78 Å². The van der Waals surface area contributed by atoms with Gasteiger partial charge in [0.1, 0.15) is 0 Å². The zero-order valence-corrected chi connectivity index (χ0v) is 27.7. The van der Waals surface area contributed by atoms with Gasteiger partial charge in [-0.25, -0.2) is 0 Å². The van der Waals surface area contributed by atoms with Crippen molar-refractivity contribution in [2.24, 2.45) is 0 Å². The fourth-order valence-electron chi connectivity index (χ4n) is 4.64. The molecule has 1 aromatic heterocycles. The molecule has 2 aromatic carbocycles. The van der Waals surface area contributed by atoms with E-state index >= 15 is 0 Å². The topological polar surface area (TPSA) is 63.1 Å². The van der Waals surface area contributed by atoms with Crippen LogP contribution in [0.5, 0.6) is 0 Å². The van der Waals surface area contributed by atoms with E-state index in [2.05, 4.69) is 59.4 Å². The molecule has 1 heterocycles. The molecule has 5 heteroatoms.